The van der Waals surface area contributed by atoms with Gasteiger partial charge in [-0.3, -0.25) is 4.99 Å². The molecule has 0 saturated carbocycles. The second-order valence-corrected chi connectivity index (χ2v) is 7.89. The third-order valence-electron chi connectivity index (χ3n) is 4.64. The van der Waals surface area contributed by atoms with E-state index in [1.807, 2.05) is 12.1 Å². The summed E-state index contributed by atoms with van der Waals surface area (Å²) in [6.07, 6.45) is 3.34. The molecule has 1 aliphatic rings. The molecule has 0 aliphatic carbocycles. The number of piperidine rings is 1. The fraction of sp³-hybridized carbons (Fsp3) is 0.667. The van der Waals surface area contributed by atoms with Gasteiger partial charge in [-0.15, -0.1) is 0 Å². The molecule has 0 aromatic heterocycles. The van der Waals surface area contributed by atoms with E-state index in [0.29, 0.717) is 11.9 Å². The molecule has 1 N–H and O–H groups in total. The fourth-order valence-electron chi connectivity index (χ4n) is 3.13. The number of hydrogen-bond acceptors (Lipinski definition) is 4. The van der Waals surface area contributed by atoms with Crippen LogP contribution in [0.1, 0.15) is 31.7 Å². The summed E-state index contributed by atoms with van der Waals surface area (Å²) in [4.78, 5) is 7.08. The number of benzene rings is 1. The van der Waals surface area contributed by atoms with E-state index in [1.165, 1.54) is 6.07 Å². The van der Waals surface area contributed by atoms with Crippen LogP contribution in [0.25, 0.3) is 0 Å². The number of likely N-dealkylation sites (tertiary alicyclic amines) is 1. The molecule has 0 spiro atoms. The van der Waals surface area contributed by atoms with Gasteiger partial charge in [0, 0.05) is 51.5 Å². The highest BCUT2D eigenvalue weighted by Gasteiger charge is 2.21. The summed E-state index contributed by atoms with van der Waals surface area (Å²) in [5, 5.41) is 3.39. The summed E-state index contributed by atoms with van der Waals surface area (Å²) in [6, 6.07) is 6.97. The summed E-state index contributed by atoms with van der Waals surface area (Å²) in [5.41, 5.74) is 0.760. The predicted octanol–water partition coefficient (Wildman–Crippen LogP) is 3.54. The minimum atomic E-state index is -0.126. The Labute approximate surface area is 173 Å². The molecular formula is C21H34FN3O2S. The first kappa shape index (κ1) is 23.0. The molecule has 1 fully saturated rings. The smallest absolute Gasteiger partial charge is 0.193 e. The van der Waals surface area contributed by atoms with E-state index in [-0.39, 0.29) is 5.82 Å². The van der Waals surface area contributed by atoms with Crippen LogP contribution in [0.4, 0.5) is 4.39 Å². The zero-order chi connectivity index (χ0) is 20.0. The number of methoxy groups -OCH3 is 1. The van der Waals surface area contributed by atoms with Gasteiger partial charge >= 0.3 is 0 Å². The molecule has 7 heteroatoms. The Balaban J connectivity index is 1.69. The SMILES string of the molecule is CCNC(=NCCSCc1ccccc1F)N1CCC(OCCCOC)CC1. The topological polar surface area (TPSA) is 46.1 Å². The lowest BCUT2D eigenvalue weighted by atomic mass is 10.1. The number of nitrogens with zero attached hydrogens (tertiary/aromatic N) is 2. The lowest BCUT2D eigenvalue weighted by Crippen LogP contribution is -2.47. The first-order valence-electron chi connectivity index (χ1n) is 10.2. The maximum absolute atomic E-state index is 13.6. The standard InChI is InChI=1S/C21H34FN3O2S/c1-3-23-21(24-11-16-28-17-18-7-4-5-8-20(18)22)25-12-9-19(10-13-25)27-15-6-14-26-2/h4-5,7-8,19H,3,6,9-17H2,1-2H3,(H,23,24). The van der Waals surface area contributed by atoms with Crippen LogP contribution >= 0.6 is 11.8 Å². The molecule has 0 bridgehead atoms. The predicted molar refractivity (Wildman–Crippen MR) is 116 cm³/mol. The summed E-state index contributed by atoms with van der Waals surface area (Å²) < 4.78 is 24.6. The van der Waals surface area contributed by atoms with Gasteiger partial charge in [0.25, 0.3) is 0 Å². The number of nitrogens with one attached hydrogen (secondary N) is 1. The summed E-state index contributed by atoms with van der Waals surface area (Å²) >= 11 is 1.72. The highest BCUT2D eigenvalue weighted by atomic mass is 32.2. The lowest BCUT2D eigenvalue weighted by molar-refractivity contribution is 0.00991. The van der Waals surface area contributed by atoms with Crippen LogP contribution in [-0.2, 0) is 15.2 Å². The minimum Gasteiger partial charge on any atom is -0.385 e. The number of halogens is 1. The van der Waals surface area contributed by atoms with E-state index in [9.17, 15) is 4.39 Å². The molecule has 1 aromatic rings. The Morgan fingerprint density at radius 3 is 2.79 bits per heavy atom. The quantitative estimate of drug-likeness (QED) is 0.343. The largest absolute Gasteiger partial charge is 0.385 e. The molecule has 1 heterocycles. The normalized spacial score (nSPS) is 15.8. The maximum atomic E-state index is 13.6. The Morgan fingerprint density at radius 1 is 1.29 bits per heavy atom. The van der Waals surface area contributed by atoms with Crippen molar-refractivity contribution in [2.75, 3.05) is 52.3 Å². The van der Waals surface area contributed by atoms with Crippen molar-refractivity contribution < 1.29 is 13.9 Å². The summed E-state index contributed by atoms with van der Waals surface area (Å²) in [5.74, 6) is 2.42. The van der Waals surface area contributed by atoms with E-state index < -0.39 is 0 Å². The molecule has 5 nitrogen and oxygen atoms in total. The molecule has 158 valence electrons. The van der Waals surface area contributed by atoms with Crippen LogP contribution < -0.4 is 5.32 Å². The van der Waals surface area contributed by atoms with E-state index in [2.05, 4.69) is 17.1 Å². The van der Waals surface area contributed by atoms with E-state index >= 15 is 0 Å². The average Bonchev–Trinajstić information content (AvgIpc) is 2.72. The Morgan fingerprint density at radius 2 is 2.07 bits per heavy atom. The number of aliphatic imine (C=N–C) groups is 1. The van der Waals surface area contributed by atoms with Gasteiger partial charge in [0.05, 0.1) is 12.6 Å². The highest BCUT2D eigenvalue weighted by Crippen LogP contribution is 2.16. The van der Waals surface area contributed by atoms with Gasteiger partial charge in [0.2, 0.25) is 0 Å². The molecule has 28 heavy (non-hydrogen) atoms. The van der Waals surface area contributed by atoms with Gasteiger partial charge in [-0.25, -0.2) is 4.39 Å². The van der Waals surface area contributed by atoms with E-state index in [1.54, 1.807) is 24.9 Å². The van der Waals surface area contributed by atoms with Crippen molar-refractivity contribution >= 4 is 17.7 Å². The van der Waals surface area contributed by atoms with Gasteiger partial charge < -0.3 is 19.7 Å². The third-order valence-corrected chi connectivity index (χ3v) is 5.62. The van der Waals surface area contributed by atoms with Crippen molar-refractivity contribution in [2.45, 2.75) is 38.0 Å². The second kappa shape index (κ2) is 13.8. The van der Waals surface area contributed by atoms with Gasteiger partial charge in [0.15, 0.2) is 5.96 Å². The molecule has 2 rings (SSSR count). The molecule has 0 atom stereocenters. The van der Waals surface area contributed by atoms with Crippen molar-refractivity contribution in [1.82, 2.24) is 10.2 Å². The maximum Gasteiger partial charge on any atom is 0.193 e. The van der Waals surface area contributed by atoms with Gasteiger partial charge in [-0.1, -0.05) is 18.2 Å². The Bertz CT molecular complexity index is 581. The zero-order valence-electron chi connectivity index (χ0n) is 17.2. The Kier molecular flexibility index (Phi) is 11.3. The number of ether oxygens (including phenoxy) is 2. The number of guanidine groups is 1. The number of rotatable bonds is 11. The third kappa shape index (κ3) is 8.37. The first-order chi connectivity index (χ1) is 13.7. The molecule has 0 radical (unpaired) electrons. The zero-order valence-corrected chi connectivity index (χ0v) is 18.0. The first-order valence-corrected chi connectivity index (χ1v) is 11.3. The number of thioether (sulfide) groups is 1. The Hall–Kier alpha value is -1.31. The average molecular weight is 412 g/mol. The van der Waals surface area contributed by atoms with Gasteiger partial charge in [-0.2, -0.15) is 11.8 Å². The minimum absolute atomic E-state index is 0.126. The van der Waals surface area contributed by atoms with Crippen molar-refractivity contribution in [3.05, 3.63) is 35.6 Å². The highest BCUT2D eigenvalue weighted by molar-refractivity contribution is 7.98. The molecule has 0 unspecified atom stereocenters. The van der Waals surface area contributed by atoms with E-state index in [0.717, 1.165) is 75.9 Å². The molecule has 1 aliphatic heterocycles. The van der Waals surface area contributed by atoms with Gasteiger partial charge in [-0.05, 0) is 37.8 Å². The molecule has 1 saturated heterocycles. The summed E-state index contributed by atoms with van der Waals surface area (Å²) in [6.45, 7) is 7.13. The van der Waals surface area contributed by atoms with Crippen LogP contribution in [-0.4, -0.2) is 69.2 Å². The monoisotopic (exact) mass is 411 g/mol. The molecule has 1 aromatic carbocycles. The van der Waals surface area contributed by atoms with Crippen LogP contribution in [0.2, 0.25) is 0 Å². The summed E-state index contributed by atoms with van der Waals surface area (Å²) in [7, 11) is 1.72. The van der Waals surface area contributed by atoms with Crippen LogP contribution in [0.15, 0.2) is 29.3 Å². The lowest BCUT2D eigenvalue weighted by Gasteiger charge is -2.34. The second-order valence-electron chi connectivity index (χ2n) is 6.78. The fourth-order valence-corrected chi connectivity index (χ4v) is 3.95. The molecule has 0 amide bonds. The van der Waals surface area contributed by atoms with Crippen LogP contribution in [0.5, 0.6) is 0 Å². The van der Waals surface area contributed by atoms with Crippen molar-refractivity contribution in [2.24, 2.45) is 4.99 Å². The van der Waals surface area contributed by atoms with Gasteiger partial charge in [0.1, 0.15) is 5.82 Å². The van der Waals surface area contributed by atoms with Crippen LogP contribution in [0, 0.1) is 5.82 Å². The van der Waals surface area contributed by atoms with Crippen molar-refractivity contribution in [3.8, 4) is 0 Å². The van der Waals surface area contributed by atoms with Crippen molar-refractivity contribution in [1.29, 1.82) is 0 Å². The van der Waals surface area contributed by atoms with E-state index in [4.69, 9.17) is 14.5 Å². The molecular weight excluding hydrogens is 377 g/mol. The number of hydrogen-bond donors (Lipinski definition) is 1. The van der Waals surface area contributed by atoms with Crippen molar-refractivity contribution in [3.63, 3.8) is 0 Å². The van der Waals surface area contributed by atoms with Crippen LogP contribution in [0.3, 0.4) is 0 Å².